The summed E-state index contributed by atoms with van der Waals surface area (Å²) in [4.78, 5) is 25.3. The highest BCUT2D eigenvalue weighted by atomic mass is 16.3. The lowest BCUT2D eigenvalue weighted by molar-refractivity contribution is 0.0235. The third-order valence-corrected chi connectivity index (χ3v) is 4.92. The Hall–Kier alpha value is -2.86. The van der Waals surface area contributed by atoms with Crippen LogP contribution in [-0.2, 0) is 0 Å². The first kappa shape index (κ1) is 16.6. The van der Waals surface area contributed by atoms with E-state index in [0.717, 1.165) is 16.5 Å². The third-order valence-electron chi connectivity index (χ3n) is 4.92. The molecule has 0 radical (unpaired) electrons. The highest BCUT2D eigenvalue weighted by Crippen LogP contribution is 2.38. The molecule has 2 N–H and O–H groups in total. The van der Waals surface area contributed by atoms with Crippen molar-refractivity contribution in [1.29, 1.82) is 0 Å². The monoisotopic (exact) mass is 348 g/mol. The van der Waals surface area contributed by atoms with Crippen LogP contribution in [0.25, 0.3) is 10.9 Å². The molecule has 1 fully saturated rings. The molecule has 2 aromatic heterocycles. The van der Waals surface area contributed by atoms with Gasteiger partial charge in [-0.25, -0.2) is 9.97 Å². The topological polar surface area (TPSA) is 88.0 Å². The zero-order chi connectivity index (χ0) is 18.1. The molecule has 4 rings (SSSR count). The molecule has 1 amide bonds. The number of hydrogen-bond donors (Lipinski definition) is 2. The predicted octanol–water partition coefficient (Wildman–Crippen LogP) is 2.58. The molecule has 1 aromatic carbocycles. The Labute approximate surface area is 151 Å². The Morgan fingerprint density at radius 1 is 1.15 bits per heavy atom. The third kappa shape index (κ3) is 3.28. The van der Waals surface area contributed by atoms with Crippen molar-refractivity contribution in [2.45, 2.75) is 31.9 Å². The van der Waals surface area contributed by atoms with E-state index < -0.39 is 0 Å². The van der Waals surface area contributed by atoms with E-state index in [1.165, 1.54) is 12.4 Å². The molecule has 6 nitrogen and oxygen atoms in total. The Kier molecular flexibility index (Phi) is 4.34. The molecule has 0 saturated heterocycles. The molecule has 1 aliphatic carbocycles. The summed E-state index contributed by atoms with van der Waals surface area (Å²) in [5.41, 5.74) is 2.29. The summed E-state index contributed by atoms with van der Waals surface area (Å²) in [6.45, 7) is 1.78. The maximum atomic E-state index is 12.7. The summed E-state index contributed by atoms with van der Waals surface area (Å²) in [5.74, 6) is 0.590. The predicted molar refractivity (Wildman–Crippen MR) is 97.5 cm³/mol. The molecule has 1 saturated carbocycles. The number of aryl methyl sites for hydroxylation is 1. The van der Waals surface area contributed by atoms with Gasteiger partial charge in [0, 0.05) is 24.0 Å². The van der Waals surface area contributed by atoms with E-state index in [1.807, 2.05) is 30.5 Å². The van der Waals surface area contributed by atoms with Crippen LogP contribution in [0.5, 0.6) is 0 Å². The van der Waals surface area contributed by atoms with E-state index in [2.05, 4.69) is 26.3 Å². The number of rotatable bonds is 4. The number of hydrogen-bond acceptors (Lipinski definition) is 5. The first-order valence-corrected chi connectivity index (χ1v) is 8.72. The molecule has 0 spiro atoms. The maximum Gasteiger partial charge on any atom is 0.254 e. The van der Waals surface area contributed by atoms with E-state index >= 15 is 0 Å². The van der Waals surface area contributed by atoms with Crippen LogP contribution in [0.3, 0.4) is 0 Å². The SMILES string of the molecule is Cc1ncc(C(=O)NC(c2cnc3ccccc3c2)C2CC(O)C2)cn1. The highest BCUT2D eigenvalue weighted by Gasteiger charge is 2.36. The Bertz CT molecular complexity index is 936. The molecule has 26 heavy (non-hydrogen) atoms. The van der Waals surface area contributed by atoms with Gasteiger partial charge in [0.1, 0.15) is 5.82 Å². The lowest BCUT2D eigenvalue weighted by atomic mass is 9.75. The van der Waals surface area contributed by atoms with Gasteiger partial charge in [-0.1, -0.05) is 18.2 Å². The fraction of sp³-hybridized carbons (Fsp3) is 0.300. The molecular formula is C20H20N4O2. The summed E-state index contributed by atoms with van der Waals surface area (Å²) in [6, 6.07) is 9.75. The molecule has 3 aromatic rings. The van der Waals surface area contributed by atoms with Crippen LogP contribution < -0.4 is 5.32 Å². The van der Waals surface area contributed by atoms with Gasteiger partial charge in [0.15, 0.2) is 0 Å². The number of amides is 1. The Morgan fingerprint density at radius 2 is 1.88 bits per heavy atom. The number of aromatic nitrogens is 3. The lowest BCUT2D eigenvalue weighted by Crippen LogP contribution is -2.41. The number of carbonyl (C=O) groups excluding carboxylic acids is 1. The lowest BCUT2D eigenvalue weighted by Gasteiger charge is -2.38. The zero-order valence-electron chi connectivity index (χ0n) is 14.5. The fourth-order valence-corrected chi connectivity index (χ4v) is 3.37. The van der Waals surface area contributed by atoms with Crippen LogP contribution in [0, 0.1) is 12.8 Å². The van der Waals surface area contributed by atoms with E-state index in [-0.39, 0.29) is 24.0 Å². The molecule has 1 atom stereocenters. The zero-order valence-corrected chi connectivity index (χ0v) is 14.5. The number of aliphatic hydroxyl groups is 1. The number of nitrogens with one attached hydrogen (secondary N) is 1. The first-order valence-electron chi connectivity index (χ1n) is 8.72. The Balaban J connectivity index is 1.63. The molecule has 6 heteroatoms. The quantitative estimate of drug-likeness (QED) is 0.756. The van der Waals surface area contributed by atoms with Crippen molar-refractivity contribution in [2.75, 3.05) is 0 Å². The van der Waals surface area contributed by atoms with Crippen LogP contribution in [0.2, 0.25) is 0 Å². The van der Waals surface area contributed by atoms with Crippen LogP contribution in [0.1, 0.15) is 40.6 Å². The maximum absolute atomic E-state index is 12.7. The van der Waals surface area contributed by atoms with Gasteiger partial charge in [-0.05, 0) is 43.4 Å². The molecule has 1 unspecified atom stereocenters. The second-order valence-electron chi connectivity index (χ2n) is 6.82. The fourth-order valence-electron chi connectivity index (χ4n) is 3.37. The van der Waals surface area contributed by atoms with Crippen molar-refractivity contribution in [3.05, 3.63) is 65.9 Å². The minimum Gasteiger partial charge on any atom is -0.393 e. The Morgan fingerprint density at radius 3 is 2.62 bits per heavy atom. The van der Waals surface area contributed by atoms with Crippen LogP contribution in [-0.4, -0.2) is 32.1 Å². The van der Waals surface area contributed by atoms with E-state index in [1.54, 1.807) is 6.92 Å². The highest BCUT2D eigenvalue weighted by molar-refractivity contribution is 5.94. The van der Waals surface area contributed by atoms with Crippen LogP contribution >= 0.6 is 0 Å². The number of pyridine rings is 1. The molecule has 1 aliphatic rings. The standard InChI is InChI=1S/C20H20N4O2/c1-12-21-10-16(11-22-12)20(26)24-19(14-7-17(25)8-14)15-6-13-4-2-3-5-18(13)23-9-15/h2-6,9-11,14,17,19,25H,7-8H2,1H3,(H,24,26). The summed E-state index contributed by atoms with van der Waals surface area (Å²) >= 11 is 0. The van der Waals surface area contributed by atoms with Crippen molar-refractivity contribution in [3.8, 4) is 0 Å². The average Bonchev–Trinajstić information content (AvgIpc) is 2.64. The van der Waals surface area contributed by atoms with Gasteiger partial charge in [-0.15, -0.1) is 0 Å². The minimum atomic E-state index is -0.296. The first-order chi connectivity index (χ1) is 12.6. The second kappa shape index (κ2) is 6.80. The number of nitrogens with zero attached hydrogens (tertiary/aromatic N) is 3. The van der Waals surface area contributed by atoms with Gasteiger partial charge in [0.25, 0.3) is 5.91 Å². The van der Waals surface area contributed by atoms with Crippen molar-refractivity contribution in [3.63, 3.8) is 0 Å². The second-order valence-corrected chi connectivity index (χ2v) is 6.82. The normalized spacial score (nSPS) is 20.4. The number of para-hydroxylation sites is 1. The smallest absolute Gasteiger partial charge is 0.254 e. The van der Waals surface area contributed by atoms with Gasteiger partial charge < -0.3 is 10.4 Å². The molecule has 0 bridgehead atoms. The van der Waals surface area contributed by atoms with E-state index in [9.17, 15) is 9.90 Å². The van der Waals surface area contributed by atoms with Gasteiger partial charge in [0.05, 0.1) is 23.2 Å². The van der Waals surface area contributed by atoms with Crippen LogP contribution in [0.15, 0.2) is 48.9 Å². The number of carbonyl (C=O) groups is 1. The van der Waals surface area contributed by atoms with Crippen molar-refractivity contribution >= 4 is 16.8 Å². The van der Waals surface area contributed by atoms with Gasteiger partial charge >= 0.3 is 0 Å². The van der Waals surface area contributed by atoms with E-state index in [4.69, 9.17) is 0 Å². The van der Waals surface area contributed by atoms with Gasteiger partial charge in [-0.2, -0.15) is 0 Å². The van der Waals surface area contributed by atoms with E-state index in [0.29, 0.717) is 24.2 Å². The van der Waals surface area contributed by atoms with Crippen LogP contribution in [0.4, 0.5) is 0 Å². The van der Waals surface area contributed by atoms with Crippen molar-refractivity contribution in [1.82, 2.24) is 20.3 Å². The summed E-state index contributed by atoms with van der Waals surface area (Å²) < 4.78 is 0. The molecular weight excluding hydrogens is 328 g/mol. The minimum absolute atomic E-state index is 0.184. The number of aliphatic hydroxyl groups excluding tert-OH is 1. The van der Waals surface area contributed by atoms with Gasteiger partial charge in [0.2, 0.25) is 0 Å². The average molecular weight is 348 g/mol. The number of benzene rings is 1. The molecule has 2 heterocycles. The molecule has 132 valence electrons. The van der Waals surface area contributed by atoms with Crippen molar-refractivity contribution in [2.24, 2.45) is 5.92 Å². The van der Waals surface area contributed by atoms with Crippen molar-refractivity contribution < 1.29 is 9.90 Å². The van der Waals surface area contributed by atoms with Gasteiger partial charge in [-0.3, -0.25) is 9.78 Å². The molecule has 0 aliphatic heterocycles. The largest absolute Gasteiger partial charge is 0.393 e. The summed E-state index contributed by atoms with van der Waals surface area (Å²) in [6.07, 6.45) is 5.91. The number of fused-ring (bicyclic) bond motifs is 1. The summed E-state index contributed by atoms with van der Waals surface area (Å²) in [5, 5.41) is 13.8. The summed E-state index contributed by atoms with van der Waals surface area (Å²) in [7, 11) is 0.